The summed E-state index contributed by atoms with van der Waals surface area (Å²) in [6, 6.07) is 3.96. The maximum absolute atomic E-state index is 12.9. The zero-order valence-electron chi connectivity index (χ0n) is 14.9. The van der Waals surface area contributed by atoms with Crippen LogP contribution in [0.3, 0.4) is 0 Å². The molecule has 26 heavy (non-hydrogen) atoms. The molecule has 0 bridgehead atoms. The Morgan fingerprint density at radius 2 is 2.04 bits per heavy atom. The minimum absolute atomic E-state index is 0.00390. The Labute approximate surface area is 152 Å². The Morgan fingerprint density at radius 1 is 1.19 bits per heavy atom. The molecule has 1 aromatic rings. The number of nitrogens with zero attached hydrogens (tertiary/aromatic N) is 2. The van der Waals surface area contributed by atoms with Gasteiger partial charge >= 0.3 is 0 Å². The maximum atomic E-state index is 12.9. The number of furan rings is 1. The number of rotatable bonds is 5. The molecule has 0 radical (unpaired) electrons. The lowest BCUT2D eigenvalue weighted by Gasteiger charge is -2.33. The van der Waals surface area contributed by atoms with Gasteiger partial charge in [0.05, 0.1) is 24.6 Å². The summed E-state index contributed by atoms with van der Waals surface area (Å²) in [5.41, 5.74) is 0. The van der Waals surface area contributed by atoms with Gasteiger partial charge < -0.3 is 19.5 Å². The molecule has 3 amide bonds. The first-order chi connectivity index (χ1) is 12.6. The first kappa shape index (κ1) is 17.1. The van der Waals surface area contributed by atoms with E-state index < -0.39 is 0 Å². The van der Waals surface area contributed by atoms with Gasteiger partial charge in [-0.1, -0.05) is 0 Å². The van der Waals surface area contributed by atoms with Crippen LogP contribution < -0.4 is 5.32 Å². The van der Waals surface area contributed by atoms with Crippen LogP contribution in [0, 0.1) is 11.8 Å². The summed E-state index contributed by atoms with van der Waals surface area (Å²) in [6.45, 7) is 1.98. The van der Waals surface area contributed by atoms with Crippen molar-refractivity contribution >= 4 is 17.7 Å². The number of nitrogens with one attached hydrogen (secondary N) is 1. The highest BCUT2D eigenvalue weighted by Crippen LogP contribution is 2.26. The molecule has 4 rings (SSSR count). The van der Waals surface area contributed by atoms with E-state index in [9.17, 15) is 14.4 Å². The first-order valence-electron chi connectivity index (χ1n) is 9.49. The molecule has 2 atom stereocenters. The van der Waals surface area contributed by atoms with Crippen molar-refractivity contribution in [2.45, 2.75) is 44.7 Å². The molecule has 0 aromatic carbocycles. The lowest BCUT2D eigenvalue weighted by molar-refractivity contribution is -0.139. The van der Waals surface area contributed by atoms with Crippen molar-refractivity contribution in [3.63, 3.8) is 0 Å². The number of piperidine rings is 1. The molecule has 3 heterocycles. The van der Waals surface area contributed by atoms with E-state index in [1.54, 1.807) is 22.1 Å². The molecule has 2 saturated heterocycles. The van der Waals surface area contributed by atoms with Gasteiger partial charge in [0.2, 0.25) is 17.7 Å². The third kappa shape index (κ3) is 3.76. The topological polar surface area (TPSA) is 82.9 Å². The highest BCUT2D eigenvalue weighted by atomic mass is 16.3. The van der Waals surface area contributed by atoms with Crippen LogP contribution in [0.1, 0.15) is 37.9 Å². The Morgan fingerprint density at radius 3 is 2.77 bits per heavy atom. The summed E-state index contributed by atoms with van der Waals surface area (Å²) >= 11 is 0. The monoisotopic (exact) mass is 359 g/mol. The number of carbonyl (C=O) groups is 3. The second-order valence-corrected chi connectivity index (χ2v) is 7.66. The summed E-state index contributed by atoms with van der Waals surface area (Å²) in [5, 5.41) is 3.04. The van der Waals surface area contributed by atoms with Crippen LogP contribution in [0.5, 0.6) is 0 Å². The van der Waals surface area contributed by atoms with Crippen LogP contribution >= 0.6 is 0 Å². The van der Waals surface area contributed by atoms with E-state index in [4.69, 9.17) is 4.42 Å². The van der Waals surface area contributed by atoms with Gasteiger partial charge in [0.15, 0.2) is 0 Å². The quantitative estimate of drug-likeness (QED) is 0.855. The molecule has 2 unspecified atom stereocenters. The fourth-order valence-electron chi connectivity index (χ4n) is 3.88. The molecule has 3 aliphatic rings. The van der Waals surface area contributed by atoms with Gasteiger partial charge in [0.25, 0.3) is 0 Å². The second kappa shape index (κ2) is 7.13. The van der Waals surface area contributed by atoms with E-state index in [-0.39, 0.29) is 36.0 Å². The van der Waals surface area contributed by atoms with Crippen LogP contribution in [0.25, 0.3) is 0 Å². The zero-order valence-corrected chi connectivity index (χ0v) is 14.9. The van der Waals surface area contributed by atoms with E-state index in [1.807, 2.05) is 6.07 Å². The number of hydrogen-bond donors (Lipinski definition) is 1. The van der Waals surface area contributed by atoms with Gasteiger partial charge in [-0.2, -0.15) is 0 Å². The molecule has 1 aliphatic carbocycles. The molecular formula is C19H25N3O4. The van der Waals surface area contributed by atoms with Crippen LogP contribution in [0.15, 0.2) is 22.8 Å². The molecule has 1 N–H and O–H groups in total. The largest absolute Gasteiger partial charge is 0.467 e. The molecule has 140 valence electrons. The third-order valence-electron chi connectivity index (χ3n) is 5.52. The standard InChI is InChI=1S/C19H25N3O4/c23-17-9-14(11-22(17)12-16-4-2-8-26-16)19(25)21-7-1-3-13(10-21)18(24)20-15-5-6-15/h2,4,8,13-15H,1,3,5-7,9-12H2,(H,20,24). The van der Waals surface area contributed by atoms with Crippen LogP contribution in [0.2, 0.25) is 0 Å². The zero-order chi connectivity index (χ0) is 18.1. The van der Waals surface area contributed by atoms with Crippen LogP contribution in [-0.4, -0.2) is 53.2 Å². The number of likely N-dealkylation sites (tertiary alicyclic amines) is 2. The van der Waals surface area contributed by atoms with E-state index in [1.165, 1.54) is 0 Å². The summed E-state index contributed by atoms with van der Waals surface area (Å²) in [5.74, 6) is 0.351. The predicted octanol–water partition coefficient (Wildman–Crippen LogP) is 1.15. The van der Waals surface area contributed by atoms with E-state index in [2.05, 4.69) is 5.32 Å². The SMILES string of the molecule is O=C(NC1CC1)C1CCCN(C(=O)C2CC(=O)N(Cc3ccco3)C2)C1. The molecule has 0 spiro atoms. The van der Waals surface area contributed by atoms with Gasteiger partial charge in [0, 0.05) is 32.1 Å². The summed E-state index contributed by atoms with van der Waals surface area (Å²) < 4.78 is 5.30. The van der Waals surface area contributed by atoms with Crippen molar-refractivity contribution in [3.05, 3.63) is 24.2 Å². The fourth-order valence-corrected chi connectivity index (χ4v) is 3.88. The van der Waals surface area contributed by atoms with E-state index in [0.29, 0.717) is 32.2 Å². The van der Waals surface area contributed by atoms with Gasteiger partial charge in [-0.05, 0) is 37.8 Å². The normalized spacial score (nSPS) is 26.2. The van der Waals surface area contributed by atoms with E-state index >= 15 is 0 Å². The second-order valence-electron chi connectivity index (χ2n) is 7.66. The van der Waals surface area contributed by atoms with Gasteiger partial charge in [-0.15, -0.1) is 0 Å². The van der Waals surface area contributed by atoms with Gasteiger partial charge in [0.1, 0.15) is 5.76 Å². The van der Waals surface area contributed by atoms with Crippen LogP contribution in [0.4, 0.5) is 0 Å². The Kier molecular flexibility index (Phi) is 4.70. The average molecular weight is 359 g/mol. The van der Waals surface area contributed by atoms with Gasteiger partial charge in [-0.25, -0.2) is 0 Å². The lowest BCUT2D eigenvalue weighted by Crippen LogP contribution is -2.48. The number of hydrogen-bond acceptors (Lipinski definition) is 4. The lowest BCUT2D eigenvalue weighted by atomic mass is 9.95. The predicted molar refractivity (Wildman–Crippen MR) is 92.7 cm³/mol. The Bertz CT molecular complexity index is 683. The van der Waals surface area contributed by atoms with Crippen molar-refractivity contribution in [2.75, 3.05) is 19.6 Å². The third-order valence-corrected chi connectivity index (χ3v) is 5.52. The van der Waals surface area contributed by atoms with Crippen molar-refractivity contribution < 1.29 is 18.8 Å². The minimum Gasteiger partial charge on any atom is -0.467 e. The summed E-state index contributed by atoms with van der Waals surface area (Å²) in [6.07, 6.45) is 5.63. The van der Waals surface area contributed by atoms with Crippen molar-refractivity contribution in [1.82, 2.24) is 15.1 Å². The van der Waals surface area contributed by atoms with Crippen LogP contribution in [-0.2, 0) is 20.9 Å². The summed E-state index contributed by atoms with van der Waals surface area (Å²) in [7, 11) is 0. The molecular weight excluding hydrogens is 334 g/mol. The molecule has 2 aliphatic heterocycles. The number of carbonyl (C=O) groups excluding carboxylic acids is 3. The summed E-state index contributed by atoms with van der Waals surface area (Å²) in [4.78, 5) is 40.9. The molecule has 7 nitrogen and oxygen atoms in total. The smallest absolute Gasteiger partial charge is 0.228 e. The highest BCUT2D eigenvalue weighted by molar-refractivity contribution is 5.89. The van der Waals surface area contributed by atoms with Crippen molar-refractivity contribution in [1.29, 1.82) is 0 Å². The first-order valence-corrected chi connectivity index (χ1v) is 9.49. The molecule has 7 heteroatoms. The minimum atomic E-state index is -0.317. The van der Waals surface area contributed by atoms with E-state index in [0.717, 1.165) is 31.4 Å². The average Bonchev–Trinajstić information content (AvgIpc) is 3.16. The van der Waals surface area contributed by atoms with Gasteiger partial charge in [-0.3, -0.25) is 14.4 Å². The molecule has 1 aromatic heterocycles. The molecule has 3 fully saturated rings. The molecule has 1 saturated carbocycles. The van der Waals surface area contributed by atoms with Crippen molar-refractivity contribution in [2.24, 2.45) is 11.8 Å². The Balaban J connectivity index is 1.33. The number of amides is 3. The Hall–Kier alpha value is -2.31. The van der Waals surface area contributed by atoms with Crippen molar-refractivity contribution in [3.8, 4) is 0 Å². The fraction of sp³-hybridized carbons (Fsp3) is 0.632. The highest BCUT2D eigenvalue weighted by Gasteiger charge is 2.39. The maximum Gasteiger partial charge on any atom is 0.228 e.